The molecule has 0 saturated carbocycles. The van der Waals surface area contributed by atoms with Gasteiger partial charge in [-0.05, 0) is 31.4 Å². The van der Waals surface area contributed by atoms with Crippen LogP contribution in [-0.2, 0) is 6.42 Å². The number of hydrogen-bond acceptors (Lipinski definition) is 4. The lowest BCUT2D eigenvalue weighted by molar-refractivity contribution is 0.634. The molecule has 4 heteroatoms. The zero-order valence-electron chi connectivity index (χ0n) is 12.0. The van der Waals surface area contributed by atoms with Gasteiger partial charge in [-0.25, -0.2) is 9.97 Å². The quantitative estimate of drug-likeness (QED) is 0.875. The molecule has 1 aliphatic rings. The zero-order chi connectivity index (χ0) is 13.9. The number of nitrogens with one attached hydrogen (secondary N) is 2. The van der Waals surface area contributed by atoms with E-state index in [-0.39, 0.29) is 0 Å². The zero-order valence-corrected chi connectivity index (χ0v) is 12.0. The van der Waals surface area contributed by atoms with Gasteiger partial charge in [0, 0.05) is 24.6 Å². The van der Waals surface area contributed by atoms with Crippen LogP contribution in [0.4, 0.5) is 11.6 Å². The predicted octanol–water partition coefficient (Wildman–Crippen LogP) is 2.97. The van der Waals surface area contributed by atoms with Crippen molar-refractivity contribution >= 4 is 11.6 Å². The highest BCUT2D eigenvalue weighted by Crippen LogP contribution is 2.34. The second kappa shape index (κ2) is 5.49. The molecule has 0 amide bonds. The molecule has 0 aliphatic heterocycles. The number of aromatic nitrogens is 2. The van der Waals surface area contributed by atoms with E-state index >= 15 is 0 Å². The Hall–Kier alpha value is -2.10. The SMILES string of the molecule is CCNc1ncnc(NCC2Cc3ccccc32)c1C. The molecule has 0 radical (unpaired) electrons. The van der Waals surface area contributed by atoms with E-state index in [9.17, 15) is 0 Å². The van der Waals surface area contributed by atoms with E-state index in [0.29, 0.717) is 5.92 Å². The van der Waals surface area contributed by atoms with Gasteiger partial charge in [0.15, 0.2) is 0 Å². The Kier molecular flexibility index (Phi) is 3.54. The minimum Gasteiger partial charge on any atom is -0.370 e. The van der Waals surface area contributed by atoms with Gasteiger partial charge >= 0.3 is 0 Å². The second-order valence-corrected chi connectivity index (χ2v) is 5.21. The van der Waals surface area contributed by atoms with Crippen molar-refractivity contribution in [2.75, 3.05) is 23.7 Å². The van der Waals surface area contributed by atoms with Crippen LogP contribution in [0.3, 0.4) is 0 Å². The molecule has 2 N–H and O–H groups in total. The fraction of sp³-hybridized carbons (Fsp3) is 0.375. The number of fused-ring (bicyclic) bond motifs is 1. The Balaban J connectivity index is 1.67. The maximum atomic E-state index is 4.35. The molecule has 104 valence electrons. The molecule has 0 fully saturated rings. The van der Waals surface area contributed by atoms with Gasteiger partial charge in [-0.15, -0.1) is 0 Å². The molecular formula is C16H20N4. The highest BCUT2D eigenvalue weighted by atomic mass is 15.1. The normalized spacial score (nSPS) is 16.2. The summed E-state index contributed by atoms with van der Waals surface area (Å²) in [5, 5.41) is 6.72. The lowest BCUT2D eigenvalue weighted by Crippen LogP contribution is -2.24. The molecular weight excluding hydrogens is 248 g/mol. The van der Waals surface area contributed by atoms with Crippen molar-refractivity contribution in [3.8, 4) is 0 Å². The highest BCUT2D eigenvalue weighted by molar-refractivity contribution is 5.56. The average molecular weight is 268 g/mol. The summed E-state index contributed by atoms with van der Waals surface area (Å²) in [6, 6.07) is 8.66. The lowest BCUT2D eigenvalue weighted by Gasteiger charge is -2.30. The van der Waals surface area contributed by atoms with Gasteiger partial charge in [0.25, 0.3) is 0 Å². The van der Waals surface area contributed by atoms with Crippen LogP contribution in [0.2, 0.25) is 0 Å². The van der Waals surface area contributed by atoms with Gasteiger partial charge in [0.05, 0.1) is 0 Å². The highest BCUT2D eigenvalue weighted by Gasteiger charge is 2.25. The Morgan fingerprint density at radius 3 is 2.65 bits per heavy atom. The molecule has 1 unspecified atom stereocenters. The molecule has 0 bridgehead atoms. The van der Waals surface area contributed by atoms with Crippen LogP contribution in [0.15, 0.2) is 30.6 Å². The van der Waals surface area contributed by atoms with Crippen LogP contribution in [-0.4, -0.2) is 23.1 Å². The Bertz CT molecular complexity index is 609. The summed E-state index contributed by atoms with van der Waals surface area (Å²) in [4.78, 5) is 8.61. The van der Waals surface area contributed by atoms with Crippen molar-refractivity contribution in [1.29, 1.82) is 0 Å². The fourth-order valence-electron chi connectivity index (χ4n) is 2.74. The molecule has 1 aromatic carbocycles. The van der Waals surface area contributed by atoms with Crippen molar-refractivity contribution in [1.82, 2.24) is 9.97 Å². The van der Waals surface area contributed by atoms with E-state index in [4.69, 9.17) is 0 Å². The first-order valence-corrected chi connectivity index (χ1v) is 7.16. The monoisotopic (exact) mass is 268 g/mol. The smallest absolute Gasteiger partial charge is 0.134 e. The molecule has 20 heavy (non-hydrogen) atoms. The first-order valence-electron chi connectivity index (χ1n) is 7.16. The summed E-state index contributed by atoms with van der Waals surface area (Å²) in [5.41, 5.74) is 4.03. The van der Waals surface area contributed by atoms with Crippen LogP contribution in [0.25, 0.3) is 0 Å². The van der Waals surface area contributed by atoms with Gasteiger partial charge in [-0.1, -0.05) is 24.3 Å². The van der Waals surface area contributed by atoms with Gasteiger partial charge in [-0.3, -0.25) is 0 Å². The molecule has 1 atom stereocenters. The molecule has 4 nitrogen and oxygen atoms in total. The third-order valence-corrected chi connectivity index (χ3v) is 3.91. The Labute approximate surface area is 119 Å². The third kappa shape index (κ3) is 2.33. The number of hydrogen-bond donors (Lipinski definition) is 2. The standard InChI is InChI=1S/C16H20N4/c1-3-17-15-11(2)16(20-10-19-15)18-9-13-8-12-6-4-5-7-14(12)13/h4-7,10,13H,3,8-9H2,1-2H3,(H2,17,18,19,20). The third-order valence-electron chi connectivity index (χ3n) is 3.91. The van der Waals surface area contributed by atoms with Crippen LogP contribution in [0.5, 0.6) is 0 Å². The summed E-state index contributed by atoms with van der Waals surface area (Å²) in [7, 11) is 0. The molecule has 1 aliphatic carbocycles. The number of anilines is 2. The van der Waals surface area contributed by atoms with E-state index < -0.39 is 0 Å². The summed E-state index contributed by atoms with van der Waals surface area (Å²) >= 11 is 0. The number of benzene rings is 1. The molecule has 3 rings (SSSR count). The van der Waals surface area contributed by atoms with Crippen molar-refractivity contribution in [3.05, 3.63) is 47.3 Å². The van der Waals surface area contributed by atoms with E-state index in [1.165, 1.54) is 11.1 Å². The molecule has 0 saturated heterocycles. The largest absolute Gasteiger partial charge is 0.370 e. The van der Waals surface area contributed by atoms with Crippen LogP contribution < -0.4 is 10.6 Å². The fourth-order valence-corrected chi connectivity index (χ4v) is 2.74. The summed E-state index contributed by atoms with van der Waals surface area (Å²) in [6.45, 7) is 5.92. The summed E-state index contributed by atoms with van der Waals surface area (Å²) in [6.07, 6.45) is 2.77. The summed E-state index contributed by atoms with van der Waals surface area (Å²) in [5.74, 6) is 2.45. The van der Waals surface area contributed by atoms with Crippen molar-refractivity contribution in [3.63, 3.8) is 0 Å². The maximum Gasteiger partial charge on any atom is 0.134 e. The minimum atomic E-state index is 0.600. The number of rotatable bonds is 5. The first-order chi connectivity index (χ1) is 9.79. The lowest BCUT2D eigenvalue weighted by atomic mass is 9.77. The van der Waals surface area contributed by atoms with Crippen LogP contribution >= 0.6 is 0 Å². The van der Waals surface area contributed by atoms with Crippen molar-refractivity contribution < 1.29 is 0 Å². The second-order valence-electron chi connectivity index (χ2n) is 5.21. The summed E-state index contributed by atoms with van der Waals surface area (Å²) < 4.78 is 0. The van der Waals surface area contributed by atoms with Crippen LogP contribution in [0, 0.1) is 6.92 Å². The Morgan fingerprint density at radius 1 is 1.15 bits per heavy atom. The maximum absolute atomic E-state index is 4.35. The topological polar surface area (TPSA) is 49.8 Å². The van der Waals surface area contributed by atoms with Gasteiger partial charge < -0.3 is 10.6 Å². The molecule has 2 aromatic rings. The van der Waals surface area contributed by atoms with E-state index in [1.54, 1.807) is 6.33 Å². The average Bonchev–Trinajstić information content (AvgIpc) is 2.44. The van der Waals surface area contributed by atoms with Crippen molar-refractivity contribution in [2.24, 2.45) is 0 Å². The molecule has 1 heterocycles. The van der Waals surface area contributed by atoms with Gasteiger partial charge in [0.1, 0.15) is 18.0 Å². The van der Waals surface area contributed by atoms with Gasteiger partial charge in [-0.2, -0.15) is 0 Å². The van der Waals surface area contributed by atoms with Crippen molar-refractivity contribution in [2.45, 2.75) is 26.2 Å². The van der Waals surface area contributed by atoms with E-state index in [1.807, 2.05) is 0 Å². The Morgan fingerprint density at radius 2 is 1.90 bits per heavy atom. The van der Waals surface area contributed by atoms with Crippen LogP contribution in [0.1, 0.15) is 29.5 Å². The van der Waals surface area contributed by atoms with E-state index in [0.717, 1.165) is 36.7 Å². The van der Waals surface area contributed by atoms with Gasteiger partial charge in [0.2, 0.25) is 0 Å². The molecule has 0 spiro atoms. The number of nitrogens with zero attached hydrogens (tertiary/aromatic N) is 2. The minimum absolute atomic E-state index is 0.600. The van der Waals surface area contributed by atoms with E-state index in [2.05, 4.69) is 58.7 Å². The first kappa shape index (κ1) is 12.9. The predicted molar refractivity (Wildman–Crippen MR) is 82.3 cm³/mol. The molecule has 1 aromatic heterocycles.